The molecule has 14 nitrogen and oxygen atoms in total. The minimum absolute atomic E-state index is 0.0343. The predicted octanol–water partition coefficient (Wildman–Crippen LogP) is 2.95. The van der Waals surface area contributed by atoms with Crippen LogP contribution < -0.4 is 0 Å². The number of aliphatic hydroxyl groups is 1. The molecule has 1 aliphatic heterocycles. The summed E-state index contributed by atoms with van der Waals surface area (Å²) in [5.41, 5.74) is -5.18. The van der Waals surface area contributed by atoms with Gasteiger partial charge in [-0.1, -0.05) is 32.9 Å². The van der Waals surface area contributed by atoms with E-state index in [1.54, 1.807) is 20.8 Å². The summed E-state index contributed by atoms with van der Waals surface area (Å²) in [6, 6.07) is 0. The summed E-state index contributed by atoms with van der Waals surface area (Å²) < 4.78 is 44.0. The normalized spacial score (nSPS) is 42.2. The Morgan fingerprint density at radius 3 is 1.98 bits per heavy atom. The summed E-state index contributed by atoms with van der Waals surface area (Å²) in [6.45, 7) is 19.0. The molecule has 4 saturated carbocycles. The largest absolute Gasteiger partial charge is 0.462 e. The van der Waals surface area contributed by atoms with E-state index in [1.165, 1.54) is 34.6 Å². The summed E-state index contributed by atoms with van der Waals surface area (Å²) in [6.07, 6.45) is -8.50. The Morgan fingerprint density at radius 2 is 1.46 bits per heavy atom. The minimum Gasteiger partial charge on any atom is -0.462 e. The zero-order chi connectivity index (χ0) is 37.5. The molecule has 5 fully saturated rings. The lowest BCUT2D eigenvalue weighted by Crippen LogP contribution is -2.67. The van der Waals surface area contributed by atoms with Gasteiger partial charge in [0.15, 0.2) is 11.7 Å². The molecule has 0 amide bonds. The van der Waals surface area contributed by atoms with Gasteiger partial charge in [0.1, 0.15) is 35.4 Å². The number of ether oxygens (including phenoxy) is 7. The molecule has 2 bridgehead atoms. The second-order valence-corrected chi connectivity index (χ2v) is 15.9. The van der Waals surface area contributed by atoms with E-state index in [2.05, 4.69) is 6.58 Å². The highest BCUT2D eigenvalue weighted by Crippen LogP contribution is 2.80. The van der Waals surface area contributed by atoms with E-state index >= 15 is 0 Å². The molecule has 1 heterocycles. The van der Waals surface area contributed by atoms with Crippen LogP contribution in [0.4, 0.5) is 0 Å². The number of hydrogen-bond donors (Lipinski definition) is 1. The summed E-state index contributed by atoms with van der Waals surface area (Å²) in [5, 5.41) is 10.6. The van der Waals surface area contributed by atoms with Crippen molar-refractivity contribution in [1.82, 2.24) is 0 Å². The smallest absolute Gasteiger partial charge is 0.334 e. The zero-order valence-corrected chi connectivity index (χ0v) is 30.4. The average Bonchev–Trinajstić information content (AvgIpc) is 3.24. The second kappa shape index (κ2) is 12.6. The maximum Gasteiger partial charge on any atom is 0.334 e. The van der Waals surface area contributed by atoms with Crippen LogP contribution in [0.25, 0.3) is 0 Å². The standard InChI is InChI=1S/C36H50O14/c1-15(2)12-24(42)47-23-13-22-25(33(22,9)10)28-34(11)31(45-19(6)39)35(49-21(8)41)14-16(3)27(44-18(5)38)26(35)29(48-30(43)17(4)37)36(23,28)32(50-34)46-20(7)40/h16-17,22-23,25-29,31-32,37H,1,12-14H2,2-11H3/t16-,17?,22-,23+,25-,26+,27-,28-,29+,31+,32?,34+,35+,36-/m0/s1. The summed E-state index contributed by atoms with van der Waals surface area (Å²) in [7, 11) is 0. The number of hydrogen-bond acceptors (Lipinski definition) is 14. The molecule has 5 rings (SSSR count). The number of fused-ring (bicyclic) bond motifs is 2. The van der Waals surface area contributed by atoms with Crippen molar-refractivity contribution in [2.45, 2.75) is 137 Å². The number of carbonyl (C=O) groups excluding carboxylic acids is 6. The van der Waals surface area contributed by atoms with Crippen LogP contribution >= 0.6 is 0 Å². The second-order valence-electron chi connectivity index (χ2n) is 15.9. The van der Waals surface area contributed by atoms with Crippen molar-refractivity contribution in [2.24, 2.45) is 40.4 Å². The lowest BCUT2D eigenvalue weighted by molar-refractivity contribution is -0.294. The van der Waals surface area contributed by atoms with E-state index in [4.69, 9.17) is 33.2 Å². The Labute approximate surface area is 291 Å². The first kappa shape index (κ1) is 37.7. The van der Waals surface area contributed by atoms with Crippen LogP contribution in [0.15, 0.2) is 12.2 Å². The number of aliphatic hydroxyl groups excluding tert-OH is 1. The van der Waals surface area contributed by atoms with Gasteiger partial charge in [-0.2, -0.15) is 0 Å². The van der Waals surface area contributed by atoms with E-state index in [0.29, 0.717) is 5.57 Å². The third-order valence-electron chi connectivity index (χ3n) is 11.8. The van der Waals surface area contributed by atoms with E-state index in [1.807, 2.05) is 13.8 Å². The first-order chi connectivity index (χ1) is 23.0. The molecule has 0 radical (unpaired) electrons. The molecule has 14 heteroatoms. The maximum atomic E-state index is 13.7. The highest BCUT2D eigenvalue weighted by atomic mass is 16.7. The van der Waals surface area contributed by atoms with E-state index in [-0.39, 0.29) is 31.1 Å². The van der Waals surface area contributed by atoms with Gasteiger partial charge in [0.05, 0.1) is 12.3 Å². The van der Waals surface area contributed by atoms with Crippen molar-refractivity contribution in [3.05, 3.63) is 12.2 Å². The van der Waals surface area contributed by atoms with Gasteiger partial charge in [0, 0.05) is 33.6 Å². The molecule has 50 heavy (non-hydrogen) atoms. The highest BCUT2D eigenvalue weighted by Gasteiger charge is 2.89. The third-order valence-corrected chi connectivity index (χ3v) is 11.8. The molecular formula is C36H50O14. The molecule has 1 N–H and O–H groups in total. The van der Waals surface area contributed by atoms with Crippen molar-refractivity contribution in [2.75, 3.05) is 0 Å². The quantitative estimate of drug-likeness (QED) is 0.209. The molecule has 0 aromatic carbocycles. The van der Waals surface area contributed by atoms with Crippen LogP contribution in [0.3, 0.4) is 0 Å². The Balaban J connectivity index is 1.94. The Morgan fingerprint density at radius 1 is 0.860 bits per heavy atom. The summed E-state index contributed by atoms with van der Waals surface area (Å²) >= 11 is 0. The third kappa shape index (κ3) is 5.70. The van der Waals surface area contributed by atoms with Gasteiger partial charge < -0.3 is 38.3 Å². The van der Waals surface area contributed by atoms with Crippen LogP contribution in [-0.4, -0.2) is 88.9 Å². The first-order valence-corrected chi connectivity index (χ1v) is 17.2. The molecule has 4 aliphatic carbocycles. The molecule has 0 aromatic rings. The van der Waals surface area contributed by atoms with Gasteiger partial charge >= 0.3 is 35.8 Å². The Hall–Kier alpha value is -3.52. The van der Waals surface area contributed by atoms with Crippen LogP contribution in [0.1, 0.15) is 88.5 Å². The fourth-order valence-corrected chi connectivity index (χ4v) is 10.5. The number of rotatable bonds is 9. The SMILES string of the molecule is C=C(C)CC(=O)O[C@@H]1C[C@H]2[C@@H]([C@H]3[C@@]4(C)OC(OC(C)=O)[C@@]13[C@H](OC(=O)C(C)O)[C@H]1[C@@H](OC(C)=O)[C@@H](C)C[C@]1(OC(C)=O)[C@@H]4OC(C)=O)C2(C)C. The highest BCUT2D eigenvalue weighted by molar-refractivity contribution is 5.75. The van der Waals surface area contributed by atoms with Gasteiger partial charge in [0.25, 0.3) is 0 Å². The van der Waals surface area contributed by atoms with Crippen molar-refractivity contribution >= 4 is 35.8 Å². The Kier molecular flexibility index (Phi) is 9.51. The lowest BCUT2D eigenvalue weighted by atomic mass is 9.56. The van der Waals surface area contributed by atoms with Gasteiger partial charge in [-0.05, 0) is 56.8 Å². The number of carbonyl (C=O) groups is 6. The molecule has 2 unspecified atom stereocenters. The molecular weight excluding hydrogens is 656 g/mol. The monoisotopic (exact) mass is 706 g/mol. The molecule has 0 aromatic heterocycles. The molecule has 1 saturated heterocycles. The maximum absolute atomic E-state index is 13.7. The van der Waals surface area contributed by atoms with Crippen LogP contribution in [0, 0.1) is 40.4 Å². The summed E-state index contributed by atoms with van der Waals surface area (Å²) in [5.74, 6) is -7.81. The van der Waals surface area contributed by atoms with Crippen molar-refractivity contribution in [1.29, 1.82) is 0 Å². The Bertz CT molecular complexity index is 1480. The topological polar surface area (TPSA) is 187 Å². The fourth-order valence-electron chi connectivity index (χ4n) is 10.5. The van der Waals surface area contributed by atoms with Crippen molar-refractivity contribution in [3.8, 4) is 0 Å². The van der Waals surface area contributed by atoms with E-state index < -0.39 is 112 Å². The lowest BCUT2D eigenvalue weighted by Gasteiger charge is -2.52. The van der Waals surface area contributed by atoms with E-state index in [9.17, 15) is 33.9 Å². The van der Waals surface area contributed by atoms with Gasteiger partial charge in [0.2, 0.25) is 6.29 Å². The first-order valence-electron chi connectivity index (χ1n) is 17.2. The van der Waals surface area contributed by atoms with Crippen LogP contribution in [0.2, 0.25) is 0 Å². The number of esters is 6. The molecule has 5 aliphatic rings. The van der Waals surface area contributed by atoms with Crippen molar-refractivity contribution in [3.63, 3.8) is 0 Å². The molecule has 14 atom stereocenters. The summed E-state index contributed by atoms with van der Waals surface area (Å²) in [4.78, 5) is 79.3. The molecule has 278 valence electrons. The molecule has 0 spiro atoms. The van der Waals surface area contributed by atoms with Gasteiger partial charge in [-0.15, -0.1) is 0 Å². The zero-order valence-electron chi connectivity index (χ0n) is 30.4. The van der Waals surface area contributed by atoms with Crippen LogP contribution in [-0.2, 0) is 61.9 Å². The van der Waals surface area contributed by atoms with Gasteiger partial charge in [-0.25, -0.2) is 4.79 Å². The van der Waals surface area contributed by atoms with Crippen LogP contribution in [0.5, 0.6) is 0 Å². The predicted molar refractivity (Wildman–Crippen MR) is 170 cm³/mol. The minimum atomic E-state index is -1.86. The van der Waals surface area contributed by atoms with Gasteiger partial charge in [-0.3, -0.25) is 24.0 Å². The average molecular weight is 707 g/mol. The van der Waals surface area contributed by atoms with Crippen molar-refractivity contribution < 1.29 is 67.0 Å². The fraction of sp³-hybridized carbons (Fsp3) is 0.778. The van der Waals surface area contributed by atoms with E-state index in [0.717, 1.165) is 0 Å².